The molecule has 0 spiro atoms. The Labute approximate surface area is 263 Å². The summed E-state index contributed by atoms with van der Waals surface area (Å²) in [7, 11) is 0. The van der Waals surface area contributed by atoms with Gasteiger partial charge >= 0.3 is 0 Å². The lowest BCUT2D eigenvalue weighted by Crippen LogP contribution is -2.49. The number of carbonyl (C=O) groups excluding carboxylic acids is 2. The Kier molecular flexibility index (Phi) is 10.4. The topological polar surface area (TPSA) is 103 Å². The summed E-state index contributed by atoms with van der Waals surface area (Å²) in [5.41, 5.74) is 1.38. The molecule has 8 nitrogen and oxygen atoms in total. The largest absolute Gasteiger partial charge is 0.490 e. The Morgan fingerprint density at radius 2 is 1.48 bits per heavy atom. The van der Waals surface area contributed by atoms with E-state index in [0.717, 1.165) is 54.5 Å². The monoisotopic (exact) mass is 620 g/mol. The van der Waals surface area contributed by atoms with Gasteiger partial charge in [-0.1, -0.05) is 32.7 Å². The number of benzene rings is 2. The summed E-state index contributed by atoms with van der Waals surface area (Å²) in [6.07, 6.45) is 5.68. The standard InChI is InChI=1S/C35H44N2O6S/c1-20(2)34(38)32-15-25-14-28(10-12-30(25)42-32)41-29-17-26(18-29)37-22(4)8-7-21(3)35(39)33-16-24-13-27(9-11-31(24)43-33)40-23(5)19-36-44-6/h9-16,20-23,26,29,36-37H,7-8,17-19H2,1-6H3/t21?,22?,23-,26-,29-/m1/s1. The van der Waals surface area contributed by atoms with Gasteiger partial charge < -0.3 is 23.6 Å². The number of hydrogen-bond donors (Lipinski definition) is 2. The van der Waals surface area contributed by atoms with Crippen molar-refractivity contribution in [1.29, 1.82) is 0 Å². The lowest BCUT2D eigenvalue weighted by Gasteiger charge is -2.37. The zero-order chi connectivity index (χ0) is 31.4. The first-order valence-electron chi connectivity index (χ1n) is 15.6. The van der Waals surface area contributed by atoms with Crippen molar-refractivity contribution in [3.63, 3.8) is 0 Å². The molecule has 2 aromatic heterocycles. The van der Waals surface area contributed by atoms with Crippen LogP contribution in [0.15, 0.2) is 57.4 Å². The number of carbonyl (C=O) groups is 2. The molecule has 1 saturated carbocycles. The maximum atomic E-state index is 13.2. The van der Waals surface area contributed by atoms with Crippen molar-refractivity contribution in [3.05, 3.63) is 60.1 Å². The van der Waals surface area contributed by atoms with Gasteiger partial charge in [-0.15, -0.1) is 0 Å². The normalized spacial score (nSPS) is 18.7. The molecule has 0 radical (unpaired) electrons. The molecule has 5 rings (SSSR count). The van der Waals surface area contributed by atoms with E-state index in [1.54, 1.807) is 18.0 Å². The van der Waals surface area contributed by atoms with Gasteiger partial charge in [0.2, 0.25) is 11.6 Å². The van der Waals surface area contributed by atoms with Crippen molar-refractivity contribution in [1.82, 2.24) is 10.0 Å². The van der Waals surface area contributed by atoms with Crippen LogP contribution in [0, 0.1) is 11.8 Å². The van der Waals surface area contributed by atoms with Crippen LogP contribution in [-0.4, -0.2) is 48.7 Å². The fourth-order valence-corrected chi connectivity index (χ4v) is 5.94. The zero-order valence-electron chi connectivity index (χ0n) is 26.5. The molecule has 1 fully saturated rings. The van der Waals surface area contributed by atoms with E-state index in [2.05, 4.69) is 17.0 Å². The van der Waals surface area contributed by atoms with Gasteiger partial charge in [-0.25, -0.2) is 0 Å². The number of fused-ring (bicyclic) bond motifs is 2. The van der Waals surface area contributed by atoms with Crippen molar-refractivity contribution >= 4 is 45.5 Å². The van der Waals surface area contributed by atoms with Crippen LogP contribution in [0.4, 0.5) is 0 Å². The Hall–Kier alpha value is -3.27. The molecule has 1 aliphatic carbocycles. The highest BCUT2D eigenvalue weighted by Crippen LogP contribution is 2.31. The Balaban J connectivity index is 1.05. The average Bonchev–Trinajstić information content (AvgIpc) is 3.60. The molecule has 4 aromatic rings. The molecule has 2 unspecified atom stereocenters. The van der Waals surface area contributed by atoms with Gasteiger partial charge in [-0.2, -0.15) is 0 Å². The second-order valence-electron chi connectivity index (χ2n) is 12.4. The SMILES string of the molecule is CSNC[C@@H](C)Oc1ccc2oc(C(=O)C(C)CCC(C)N[C@H]3C[C@H](Oc4ccc5oc(C(=O)C(C)C)cc5c4)C3)cc2c1. The molecule has 44 heavy (non-hydrogen) atoms. The van der Waals surface area contributed by atoms with Crippen LogP contribution in [0.25, 0.3) is 21.9 Å². The van der Waals surface area contributed by atoms with E-state index in [9.17, 15) is 9.59 Å². The van der Waals surface area contributed by atoms with E-state index in [0.29, 0.717) is 28.7 Å². The highest BCUT2D eigenvalue weighted by molar-refractivity contribution is 7.96. The molecule has 2 N–H and O–H groups in total. The summed E-state index contributed by atoms with van der Waals surface area (Å²) in [6, 6.07) is 15.7. The average molecular weight is 621 g/mol. The number of hydrogen-bond acceptors (Lipinski definition) is 9. The van der Waals surface area contributed by atoms with Gasteiger partial charge in [0.05, 0.1) is 0 Å². The minimum absolute atomic E-state index is 0.00359. The van der Waals surface area contributed by atoms with E-state index in [4.69, 9.17) is 18.3 Å². The number of ketones is 2. The third kappa shape index (κ3) is 7.86. The highest BCUT2D eigenvalue weighted by atomic mass is 32.2. The van der Waals surface area contributed by atoms with Crippen molar-refractivity contribution in [2.75, 3.05) is 12.8 Å². The summed E-state index contributed by atoms with van der Waals surface area (Å²) in [5.74, 6) is 2.13. The minimum Gasteiger partial charge on any atom is -0.490 e. The minimum atomic E-state index is -0.139. The molecule has 9 heteroatoms. The van der Waals surface area contributed by atoms with Gasteiger partial charge in [0, 0.05) is 41.2 Å². The summed E-state index contributed by atoms with van der Waals surface area (Å²) < 4.78 is 27.0. The third-order valence-corrected chi connectivity index (χ3v) is 8.69. The molecule has 0 saturated heterocycles. The highest BCUT2D eigenvalue weighted by Gasteiger charge is 2.32. The van der Waals surface area contributed by atoms with Crippen LogP contribution in [0.5, 0.6) is 11.5 Å². The van der Waals surface area contributed by atoms with Gasteiger partial charge in [-0.05, 0) is 94.3 Å². The van der Waals surface area contributed by atoms with Gasteiger partial charge in [0.1, 0.15) is 34.9 Å². The molecule has 0 aliphatic heterocycles. The molecule has 2 aromatic carbocycles. The molecule has 0 amide bonds. The second kappa shape index (κ2) is 14.2. The quantitative estimate of drug-likeness (QED) is 0.0958. The third-order valence-electron chi connectivity index (χ3n) is 8.24. The van der Waals surface area contributed by atoms with E-state index in [-0.39, 0.29) is 41.7 Å². The van der Waals surface area contributed by atoms with Gasteiger partial charge in [0.25, 0.3) is 0 Å². The van der Waals surface area contributed by atoms with E-state index in [1.165, 1.54) is 0 Å². The van der Waals surface area contributed by atoms with Crippen LogP contribution >= 0.6 is 11.9 Å². The zero-order valence-corrected chi connectivity index (χ0v) is 27.3. The first-order chi connectivity index (χ1) is 21.1. The summed E-state index contributed by atoms with van der Waals surface area (Å²) in [6.45, 7) is 10.6. The molecule has 236 valence electrons. The Morgan fingerprint density at radius 3 is 2.11 bits per heavy atom. The van der Waals surface area contributed by atoms with Crippen LogP contribution in [0.2, 0.25) is 0 Å². The van der Waals surface area contributed by atoms with Gasteiger partial charge in [-0.3, -0.25) is 14.3 Å². The predicted octanol–water partition coefficient (Wildman–Crippen LogP) is 7.84. The van der Waals surface area contributed by atoms with E-state index >= 15 is 0 Å². The lowest BCUT2D eigenvalue weighted by atomic mass is 9.88. The smallest absolute Gasteiger partial charge is 0.200 e. The van der Waals surface area contributed by atoms with Gasteiger partial charge in [0.15, 0.2) is 11.5 Å². The maximum absolute atomic E-state index is 13.2. The lowest BCUT2D eigenvalue weighted by molar-refractivity contribution is 0.0790. The van der Waals surface area contributed by atoms with Crippen LogP contribution < -0.4 is 19.5 Å². The van der Waals surface area contributed by atoms with Crippen molar-refractivity contribution in [3.8, 4) is 11.5 Å². The fraction of sp³-hybridized carbons (Fsp3) is 0.486. The molecule has 0 bridgehead atoms. The molecular formula is C35H44N2O6S. The number of furan rings is 2. The summed E-state index contributed by atoms with van der Waals surface area (Å²) in [5, 5.41) is 5.44. The summed E-state index contributed by atoms with van der Waals surface area (Å²) >= 11 is 1.57. The Bertz CT molecular complexity index is 1590. The summed E-state index contributed by atoms with van der Waals surface area (Å²) in [4.78, 5) is 25.4. The fourth-order valence-electron chi connectivity index (χ4n) is 5.54. The van der Waals surface area contributed by atoms with E-state index in [1.807, 2.05) is 76.4 Å². The number of rotatable bonds is 16. The van der Waals surface area contributed by atoms with Crippen molar-refractivity contribution in [2.24, 2.45) is 11.8 Å². The Morgan fingerprint density at radius 1 is 0.864 bits per heavy atom. The molecule has 3 atom stereocenters. The predicted molar refractivity (Wildman–Crippen MR) is 176 cm³/mol. The van der Waals surface area contributed by atoms with Crippen molar-refractivity contribution in [2.45, 2.75) is 84.6 Å². The van der Waals surface area contributed by atoms with Crippen molar-refractivity contribution < 1.29 is 27.9 Å². The number of ether oxygens (including phenoxy) is 2. The maximum Gasteiger partial charge on any atom is 0.200 e. The first-order valence-corrected chi connectivity index (χ1v) is 16.8. The van der Waals surface area contributed by atoms with Crippen LogP contribution in [-0.2, 0) is 0 Å². The first kappa shape index (κ1) is 32.1. The van der Waals surface area contributed by atoms with Crippen LogP contribution in [0.3, 0.4) is 0 Å². The number of Topliss-reactive ketones (excluding diaryl/α,β-unsaturated/α-hetero) is 2. The molecule has 1 aliphatic rings. The molecular weight excluding hydrogens is 576 g/mol. The van der Waals surface area contributed by atoms with Crippen LogP contribution in [0.1, 0.15) is 81.4 Å². The molecule has 2 heterocycles. The van der Waals surface area contributed by atoms with E-state index < -0.39 is 0 Å². The second-order valence-corrected chi connectivity index (χ2v) is 13.1. The number of nitrogens with one attached hydrogen (secondary N) is 2.